The van der Waals surface area contributed by atoms with Crippen molar-refractivity contribution in [1.29, 1.82) is 5.26 Å². The molecule has 0 aliphatic carbocycles. The van der Waals surface area contributed by atoms with Crippen LogP contribution < -0.4 is 9.47 Å². The number of aromatic nitrogens is 3. The van der Waals surface area contributed by atoms with Crippen molar-refractivity contribution >= 4 is 11.6 Å². The van der Waals surface area contributed by atoms with E-state index in [1.807, 2.05) is 24.3 Å². The van der Waals surface area contributed by atoms with Gasteiger partial charge in [0.1, 0.15) is 11.9 Å². The van der Waals surface area contributed by atoms with Crippen molar-refractivity contribution in [1.82, 2.24) is 14.8 Å². The number of hydrogen-bond acceptors (Lipinski definition) is 5. The summed E-state index contributed by atoms with van der Waals surface area (Å²) in [5.41, 5.74) is 1.34. The minimum Gasteiger partial charge on any atom is -0.490 e. The Hall–Kier alpha value is -2.81. The van der Waals surface area contributed by atoms with E-state index in [1.54, 1.807) is 0 Å². The molecule has 0 amide bonds. The molecule has 0 saturated heterocycles. The number of allylic oxidation sites excluding steroid dienone is 1. The average molecular weight is 336 g/mol. The molecule has 2 aliphatic heterocycles. The molecule has 1 aromatic carbocycles. The summed E-state index contributed by atoms with van der Waals surface area (Å²) >= 11 is 0. The Balaban J connectivity index is 1.76. The fourth-order valence-electron chi connectivity index (χ4n) is 3.32. The second-order valence-corrected chi connectivity index (χ2v) is 6.30. The van der Waals surface area contributed by atoms with E-state index in [-0.39, 0.29) is 0 Å². The number of nitriles is 1. The van der Waals surface area contributed by atoms with Crippen LogP contribution in [-0.2, 0) is 13.0 Å². The first kappa shape index (κ1) is 15.7. The van der Waals surface area contributed by atoms with Gasteiger partial charge < -0.3 is 14.0 Å². The Morgan fingerprint density at radius 2 is 2.04 bits per heavy atom. The Kier molecular flexibility index (Phi) is 4.38. The molecule has 0 N–H and O–H groups in total. The van der Waals surface area contributed by atoms with Crippen molar-refractivity contribution in [2.45, 2.75) is 38.6 Å². The van der Waals surface area contributed by atoms with Gasteiger partial charge in [0.05, 0.1) is 18.8 Å². The maximum absolute atomic E-state index is 9.72. The summed E-state index contributed by atoms with van der Waals surface area (Å²) in [6, 6.07) is 8.03. The van der Waals surface area contributed by atoms with E-state index in [0.717, 1.165) is 49.4 Å². The predicted molar refractivity (Wildman–Crippen MR) is 93.1 cm³/mol. The molecule has 0 unspecified atom stereocenters. The Morgan fingerprint density at radius 1 is 1.12 bits per heavy atom. The molecule has 128 valence electrons. The van der Waals surface area contributed by atoms with Gasteiger partial charge in [0.15, 0.2) is 17.3 Å². The largest absolute Gasteiger partial charge is 0.490 e. The van der Waals surface area contributed by atoms with E-state index in [9.17, 15) is 5.26 Å². The highest BCUT2D eigenvalue weighted by molar-refractivity contribution is 5.89. The zero-order chi connectivity index (χ0) is 17.1. The van der Waals surface area contributed by atoms with Crippen LogP contribution >= 0.6 is 0 Å². The first-order valence-electron chi connectivity index (χ1n) is 8.79. The highest BCUT2D eigenvalue weighted by atomic mass is 16.5. The lowest BCUT2D eigenvalue weighted by atomic mass is 10.1. The number of aryl methyl sites for hydroxylation is 1. The minimum absolute atomic E-state index is 0.502. The van der Waals surface area contributed by atoms with Crippen molar-refractivity contribution in [3.05, 3.63) is 35.4 Å². The summed E-state index contributed by atoms with van der Waals surface area (Å²) in [4.78, 5) is 0. The first-order valence-corrected chi connectivity index (χ1v) is 8.79. The average Bonchev–Trinajstić information content (AvgIpc) is 2.83. The van der Waals surface area contributed by atoms with E-state index >= 15 is 0 Å². The molecule has 0 bridgehead atoms. The number of benzene rings is 1. The fourth-order valence-corrected chi connectivity index (χ4v) is 3.32. The topological polar surface area (TPSA) is 73.0 Å². The van der Waals surface area contributed by atoms with E-state index in [4.69, 9.17) is 9.47 Å². The predicted octanol–water partition coefficient (Wildman–Crippen LogP) is 3.23. The third-order valence-electron chi connectivity index (χ3n) is 4.57. The van der Waals surface area contributed by atoms with Crippen LogP contribution in [0.3, 0.4) is 0 Å². The van der Waals surface area contributed by atoms with Gasteiger partial charge in [0.25, 0.3) is 0 Å². The Bertz CT molecular complexity index is 848. The highest BCUT2D eigenvalue weighted by Gasteiger charge is 2.19. The molecule has 0 saturated carbocycles. The molecule has 25 heavy (non-hydrogen) atoms. The third-order valence-corrected chi connectivity index (χ3v) is 4.57. The summed E-state index contributed by atoms with van der Waals surface area (Å²) in [6.07, 6.45) is 7.00. The fraction of sp³-hybridized carbons (Fsp3) is 0.421. The number of hydrogen-bond donors (Lipinski definition) is 0. The molecule has 6 heteroatoms. The van der Waals surface area contributed by atoms with E-state index in [0.29, 0.717) is 30.4 Å². The van der Waals surface area contributed by atoms with Crippen molar-refractivity contribution in [2.24, 2.45) is 0 Å². The van der Waals surface area contributed by atoms with Crippen LogP contribution in [0.2, 0.25) is 0 Å². The van der Waals surface area contributed by atoms with Crippen LogP contribution in [-0.4, -0.2) is 28.0 Å². The zero-order valence-electron chi connectivity index (χ0n) is 14.1. The van der Waals surface area contributed by atoms with Crippen molar-refractivity contribution in [2.75, 3.05) is 13.2 Å². The maximum atomic E-state index is 9.72. The molecule has 6 nitrogen and oxygen atoms in total. The van der Waals surface area contributed by atoms with Gasteiger partial charge in [-0.1, -0.05) is 18.6 Å². The van der Waals surface area contributed by atoms with E-state index < -0.39 is 0 Å². The van der Waals surface area contributed by atoms with Gasteiger partial charge in [-0.25, -0.2) is 0 Å². The molecule has 0 fully saturated rings. The normalized spacial score (nSPS) is 17.2. The second-order valence-electron chi connectivity index (χ2n) is 6.30. The van der Waals surface area contributed by atoms with Crippen LogP contribution in [0, 0.1) is 11.3 Å². The quantitative estimate of drug-likeness (QED) is 0.787. The highest BCUT2D eigenvalue weighted by Crippen LogP contribution is 2.35. The maximum Gasteiger partial charge on any atom is 0.174 e. The SMILES string of the molecule is N#CC(=Cc1cccc2c1OCCCO2)c1nnc2n1CCCCC2. The van der Waals surface area contributed by atoms with Crippen LogP contribution in [0.4, 0.5) is 0 Å². The third kappa shape index (κ3) is 3.10. The van der Waals surface area contributed by atoms with Gasteiger partial charge in [-0.3, -0.25) is 0 Å². The van der Waals surface area contributed by atoms with Gasteiger partial charge in [0, 0.05) is 24.9 Å². The van der Waals surface area contributed by atoms with Crippen molar-refractivity contribution < 1.29 is 9.47 Å². The molecule has 4 rings (SSSR count). The lowest BCUT2D eigenvalue weighted by Gasteiger charge is -2.10. The van der Waals surface area contributed by atoms with E-state index in [1.165, 1.54) is 6.42 Å². The lowest BCUT2D eigenvalue weighted by molar-refractivity contribution is 0.296. The monoisotopic (exact) mass is 336 g/mol. The summed E-state index contributed by atoms with van der Waals surface area (Å²) < 4.78 is 13.7. The number of rotatable bonds is 2. The summed E-state index contributed by atoms with van der Waals surface area (Å²) in [6.45, 7) is 2.12. The molecule has 1 aromatic heterocycles. The van der Waals surface area contributed by atoms with Crippen LogP contribution in [0.15, 0.2) is 18.2 Å². The molecule has 0 radical (unpaired) electrons. The first-order chi connectivity index (χ1) is 12.4. The summed E-state index contributed by atoms with van der Waals surface area (Å²) in [7, 11) is 0. The van der Waals surface area contributed by atoms with Crippen LogP contribution in [0.25, 0.3) is 11.6 Å². The van der Waals surface area contributed by atoms with E-state index in [2.05, 4.69) is 20.8 Å². The van der Waals surface area contributed by atoms with Crippen molar-refractivity contribution in [3.63, 3.8) is 0 Å². The molecule has 2 aromatic rings. The van der Waals surface area contributed by atoms with Crippen LogP contribution in [0.5, 0.6) is 11.5 Å². The Morgan fingerprint density at radius 3 is 2.96 bits per heavy atom. The number of fused-ring (bicyclic) bond motifs is 2. The van der Waals surface area contributed by atoms with Crippen molar-refractivity contribution in [3.8, 4) is 17.6 Å². The number of para-hydroxylation sites is 1. The van der Waals surface area contributed by atoms with Crippen LogP contribution in [0.1, 0.15) is 42.9 Å². The number of ether oxygens (including phenoxy) is 2. The summed E-state index contributed by atoms with van der Waals surface area (Å²) in [5.74, 6) is 3.04. The van der Waals surface area contributed by atoms with Gasteiger partial charge in [0.2, 0.25) is 0 Å². The lowest BCUT2D eigenvalue weighted by Crippen LogP contribution is -2.05. The minimum atomic E-state index is 0.502. The zero-order valence-corrected chi connectivity index (χ0v) is 14.1. The molecular formula is C19H20N4O2. The Labute approximate surface area is 146 Å². The standard InChI is InChI=1S/C19H20N4O2/c20-13-15(19-22-21-17-8-2-1-3-9-23(17)19)12-14-6-4-7-16-18(14)25-11-5-10-24-16/h4,6-7,12H,1-3,5,8-11H2. The molecule has 0 spiro atoms. The van der Waals surface area contributed by atoms with Gasteiger partial charge >= 0.3 is 0 Å². The second kappa shape index (κ2) is 6.98. The molecule has 0 atom stereocenters. The molecule has 3 heterocycles. The molecular weight excluding hydrogens is 316 g/mol. The number of nitrogens with zero attached hydrogens (tertiary/aromatic N) is 4. The molecule has 2 aliphatic rings. The smallest absolute Gasteiger partial charge is 0.174 e. The van der Waals surface area contributed by atoms with Gasteiger partial charge in [-0.2, -0.15) is 5.26 Å². The van der Waals surface area contributed by atoms with Gasteiger partial charge in [-0.15, -0.1) is 10.2 Å². The van der Waals surface area contributed by atoms with Gasteiger partial charge in [-0.05, 0) is 25.0 Å². The summed E-state index contributed by atoms with van der Waals surface area (Å²) in [5, 5.41) is 18.3.